The number of amides is 1. The molecule has 0 saturated carbocycles. The Morgan fingerprint density at radius 2 is 1.69 bits per heavy atom. The number of benzene rings is 2. The maximum Gasteiger partial charge on any atom is 0.355 e. The van der Waals surface area contributed by atoms with E-state index in [0.717, 1.165) is 33.3 Å². The smallest absolute Gasteiger partial charge is 0.355 e. The van der Waals surface area contributed by atoms with Crippen LogP contribution >= 0.6 is 0 Å². The van der Waals surface area contributed by atoms with Crippen LogP contribution in [0.15, 0.2) is 42.5 Å². The summed E-state index contributed by atoms with van der Waals surface area (Å²) in [5.41, 5.74) is 5.02. The molecule has 1 atom stereocenters. The number of ether oxygens (including phenoxy) is 1. The van der Waals surface area contributed by atoms with Crippen molar-refractivity contribution < 1.29 is 14.3 Å². The van der Waals surface area contributed by atoms with E-state index in [1.54, 1.807) is 13.0 Å². The third-order valence-electron chi connectivity index (χ3n) is 4.33. The van der Waals surface area contributed by atoms with Gasteiger partial charge in [0.1, 0.15) is 5.69 Å². The van der Waals surface area contributed by atoms with Gasteiger partial charge in [-0.05, 0) is 51.0 Å². The predicted octanol–water partition coefficient (Wildman–Crippen LogP) is 4.28. The molecule has 2 aromatic carbocycles. The fraction of sp³-hybridized carbons (Fsp3) is 0.238. The molecule has 0 aliphatic heterocycles. The largest absolute Gasteiger partial charge is 0.448 e. The predicted molar refractivity (Wildman–Crippen MR) is 102 cm³/mol. The molecule has 0 unspecified atom stereocenters. The van der Waals surface area contributed by atoms with E-state index in [1.807, 2.05) is 57.2 Å². The first-order valence-corrected chi connectivity index (χ1v) is 8.52. The molecule has 2 N–H and O–H groups in total. The molecule has 0 spiro atoms. The molecule has 5 heteroatoms. The average molecular weight is 350 g/mol. The molecular weight excluding hydrogens is 328 g/mol. The standard InChI is InChI=1S/C21H22N2O3/c1-12-9-13(2)19(14(3)10-12)23-20(24)15(4)26-21(25)18-11-16-7-5-6-8-17(16)22-18/h5-11,15,22H,1-4H3,(H,23,24)/t15-/m0/s1. The number of H-pyrrole nitrogens is 1. The van der Waals surface area contributed by atoms with Crippen LogP contribution in [-0.2, 0) is 9.53 Å². The van der Waals surface area contributed by atoms with E-state index < -0.39 is 12.1 Å². The third-order valence-corrected chi connectivity index (χ3v) is 4.33. The van der Waals surface area contributed by atoms with Crippen molar-refractivity contribution in [3.8, 4) is 0 Å². The Hall–Kier alpha value is -3.08. The fourth-order valence-electron chi connectivity index (χ4n) is 3.06. The molecule has 134 valence electrons. The van der Waals surface area contributed by atoms with E-state index in [4.69, 9.17) is 4.74 Å². The van der Waals surface area contributed by atoms with Gasteiger partial charge in [-0.3, -0.25) is 4.79 Å². The van der Waals surface area contributed by atoms with E-state index in [-0.39, 0.29) is 5.91 Å². The van der Waals surface area contributed by atoms with E-state index in [9.17, 15) is 9.59 Å². The van der Waals surface area contributed by atoms with Crippen molar-refractivity contribution in [1.82, 2.24) is 4.98 Å². The highest BCUT2D eigenvalue weighted by molar-refractivity contribution is 5.99. The number of nitrogens with one attached hydrogen (secondary N) is 2. The van der Waals surface area contributed by atoms with Crippen LogP contribution in [0.1, 0.15) is 34.1 Å². The van der Waals surface area contributed by atoms with Crippen LogP contribution in [0.4, 0.5) is 5.69 Å². The number of para-hydroxylation sites is 1. The molecule has 26 heavy (non-hydrogen) atoms. The summed E-state index contributed by atoms with van der Waals surface area (Å²) in [5, 5.41) is 3.78. The van der Waals surface area contributed by atoms with E-state index in [1.165, 1.54) is 0 Å². The van der Waals surface area contributed by atoms with Crippen molar-refractivity contribution in [2.75, 3.05) is 5.32 Å². The van der Waals surface area contributed by atoms with Gasteiger partial charge in [0.15, 0.2) is 6.10 Å². The van der Waals surface area contributed by atoms with Gasteiger partial charge in [0, 0.05) is 16.6 Å². The Labute approximate surface area is 152 Å². The second-order valence-electron chi connectivity index (χ2n) is 6.58. The van der Waals surface area contributed by atoms with Gasteiger partial charge in [0.05, 0.1) is 0 Å². The molecule has 1 heterocycles. The molecule has 0 aliphatic rings. The van der Waals surface area contributed by atoms with Gasteiger partial charge in [-0.25, -0.2) is 4.79 Å². The molecule has 0 fully saturated rings. The Balaban J connectivity index is 1.70. The van der Waals surface area contributed by atoms with Gasteiger partial charge in [-0.2, -0.15) is 0 Å². The number of carbonyl (C=O) groups excluding carboxylic acids is 2. The molecule has 1 amide bonds. The number of anilines is 1. The Bertz CT molecular complexity index is 932. The Morgan fingerprint density at radius 1 is 1.04 bits per heavy atom. The van der Waals surface area contributed by atoms with Crippen LogP contribution in [0.25, 0.3) is 10.9 Å². The van der Waals surface area contributed by atoms with Crippen LogP contribution in [0.2, 0.25) is 0 Å². The molecular formula is C21H22N2O3. The number of hydrogen-bond acceptors (Lipinski definition) is 3. The third kappa shape index (κ3) is 3.61. The molecule has 0 saturated heterocycles. The number of aromatic amines is 1. The van der Waals surface area contributed by atoms with Crippen molar-refractivity contribution in [2.45, 2.75) is 33.8 Å². The summed E-state index contributed by atoms with van der Waals surface area (Å²) in [6.45, 7) is 7.46. The zero-order chi connectivity index (χ0) is 18.8. The monoisotopic (exact) mass is 350 g/mol. The van der Waals surface area contributed by atoms with Crippen LogP contribution in [-0.4, -0.2) is 23.0 Å². The van der Waals surface area contributed by atoms with Crippen LogP contribution in [0, 0.1) is 20.8 Å². The summed E-state index contributed by atoms with van der Waals surface area (Å²) >= 11 is 0. The second kappa shape index (κ2) is 7.04. The minimum atomic E-state index is -0.908. The van der Waals surface area contributed by atoms with E-state index in [0.29, 0.717) is 5.69 Å². The first-order chi connectivity index (χ1) is 12.3. The van der Waals surface area contributed by atoms with Crippen molar-refractivity contribution in [1.29, 1.82) is 0 Å². The van der Waals surface area contributed by atoms with Gasteiger partial charge in [0.25, 0.3) is 5.91 Å². The van der Waals surface area contributed by atoms with Crippen LogP contribution in [0.5, 0.6) is 0 Å². The summed E-state index contributed by atoms with van der Waals surface area (Å²) in [6, 6.07) is 13.3. The van der Waals surface area contributed by atoms with Crippen molar-refractivity contribution in [3.63, 3.8) is 0 Å². The highest BCUT2D eigenvalue weighted by Gasteiger charge is 2.21. The highest BCUT2D eigenvalue weighted by atomic mass is 16.5. The zero-order valence-corrected chi connectivity index (χ0v) is 15.3. The maximum atomic E-state index is 12.4. The first kappa shape index (κ1) is 17.7. The van der Waals surface area contributed by atoms with Crippen molar-refractivity contribution in [2.24, 2.45) is 0 Å². The van der Waals surface area contributed by atoms with Gasteiger partial charge >= 0.3 is 5.97 Å². The normalized spacial score (nSPS) is 12.0. The fourth-order valence-corrected chi connectivity index (χ4v) is 3.06. The maximum absolute atomic E-state index is 12.4. The molecule has 1 aromatic heterocycles. The summed E-state index contributed by atoms with van der Waals surface area (Å²) < 4.78 is 5.32. The lowest BCUT2D eigenvalue weighted by Gasteiger charge is -2.16. The van der Waals surface area contributed by atoms with Gasteiger partial charge in [-0.1, -0.05) is 35.9 Å². The molecule has 0 aliphatic carbocycles. The second-order valence-corrected chi connectivity index (χ2v) is 6.58. The number of fused-ring (bicyclic) bond motifs is 1. The summed E-state index contributed by atoms with van der Waals surface area (Å²) in [5.74, 6) is -0.911. The number of esters is 1. The lowest BCUT2D eigenvalue weighted by atomic mass is 10.0. The lowest BCUT2D eigenvalue weighted by molar-refractivity contribution is -0.123. The number of hydrogen-bond donors (Lipinski definition) is 2. The average Bonchev–Trinajstić information content (AvgIpc) is 3.02. The number of carbonyl (C=O) groups is 2. The summed E-state index contributed by atoms with van der Waals surface area (Å²) in [7, 11) is 0. The molecule has 3 rings (SSSR count). The van der Waals surface area contributed by atoms with Gasteiger partial charge in [0.2, 0.25) is 0 Å². The SMILES string of the molecule is Cc1cc(C)c(NC(=O)[C@H](C)OC(=O)c2cc3ccccc3[nH]2)c(C)c1. The molecule has 0 radical (unpaired) electrons. The van der Waals surface area contributed by atoms with E-state index in [2.05, 4.69) is 10.3 Å². The van der Waals surface area contributed by atoms with Crippen molar-refractivity contribution in [3.05, 3.63) is 64.8 Å². The zero-order valence-electron chi connectivity index (χ0n) is 15.3. The summed E-state index contributed by atoms with van der Waals surface area (Å²) in [4.78, 5) is 27.8. The quantitative estimate of drug-likeness (QED) is 0.690. The van der Waals surface area contributed by atoms with E-state index >= 15 is 0 Å². The summed E-state index contributed by atoms with van der Waals surface area (Å²) in [6.07, 6.45) is -0.908. The Kier molecular flexibility index (Phi) is 4.80. The lowest BCUT2D eigenvalue weighted by Crippen LogP contribution is -2.30. The van der Waals surface area contributed by atoms with Crippen LogP contribution in [0.3, 0.4) is 0 Å². The molecule has 5 nitrogen and oxygen atoms in total. The molecule has 0 bridgehead atoms. The van der Waals surface area contributed by atoms with Gasteiger partial charge in [-0.15, -0.1) is 0 Å². The Morgan fingerprint density at radius 3 is 2.35 bits per heavy atom. The van der Waals surface area contributed by atoms with Gasteiger partial charge < -0.3 is 15.0 Å². The highest BCUT2D eigenvalue weighted by Crippen LogP contribution is 2.22. The number of aryl methyl sites for hydroxylation is 3. The van der Waals surface area contributed by atoms with Crippen molar-refractivity contribution >= 4 is 28.5 Å². The first-order valence-electron chi connectivity index (χ1n) is 8.52. The minimum Gasteiger partial charge on any atom is -0.448 e. The van der Waals surface area contributed by atoms with Crippen LogP contribution < -0.4 is 5.32 Å². The number of aromatic nitrogens is 1. The molecule has 3 aromatic rings. The topological polar surface area (TPSA) is 71.2 Å². The number of rotatable bonds is 4. The minimum absolute atomic E-state index is 0.327.